The highest BCUT2D eigenvalue weighted by Crippen LogP contribution is 2.34. The van der Waals surface area contributed by atoms with Crippen LogP contribution in [-0.2, 0) is 0 Å². The number of nitrogens with zero attached hydrogens (tertiary/aromatic N) is 2. The minimum absolute atomic E-state index is 0.209. The Morgan fingerprint density at radius 1 is 1.07 bits per heavy atom. The van der Waals surface area contributed by atoms with Crippen molar-refractivity contribution in [2.45, 2.75) is 38.8 Å². The minimum atomic E-state index is 0.209. The van der Waals surface area contributed by atoms with Crippen LogP contribution in [0.5, 0.6) is 11.5 Å². The SMILES string of the molecule is CCC1CC(Oc2cc(-c3ccccc3)nc3cc(OC)ccc23)CN1CC. The summed E-state index contributed by atoms with van der Waals surface area (Å²) in [6.45, 7) is 6.54. The number of likely N-dealkylation sites (N-methyl/N-ethyl adjacent to an activating group) is 1. The van der Waals surface area contributed by atoms with Crippen LogP contribution < -0.4 is 9.47 Å². The average Bonchev–Trinajstić information content (AvgIpc) is 3.15. The maximum Gasteiger partial charge on any atom is 0.131 e. The Morgan fingerprint density at radius 2 is 1.89 bits per heavy atom. The molecule has 4 rings (SSSR count). The zero-order chi connectivity index (χ0) is 19.5. The van der Waals surface area contributed by atoms with Gasteiger partial charge in [0, 0.05) is 42.1 Å². The Morgan fingerprint density at radius 3 is 2.57 bits per heavy atom. The second kappa shape index (κ2) is 8.19. The molecule has 1 aliphatic rings. The molecule has 2 aromatic carbocycles. The van der Waals surface area contributed by atoms with Gasteiger partial charge in [-0.3, -0.25) is 4.90 Å². The molecule has 0 N–H and O–H groups in total. The van der Waals surface area contributed by atoms with Crippen molar-refractivity contribution >= 4 is 10.9 Å². The molecule has 0 radical (unpaired) electrons. The van der Waals surface area contributed by atoms with E-state index in [1.165, 1.54) is 0 Å². The van der Waals surface area contributed by atoms with E-state index in [-0.39, 0.29) is 6.10 Å². The molecular formula is C24H28N2O2. The van der Waals surface area contributed by atoms with Crippen LogP contribution in [0.3, 0.4) is 0 Å². The fourth-order valence-electron chi connectivity index (χ4n) is 4.17. The van der Waals surface area contributed by atoms with E-state index < -0.39 is 0 Å². The van der Waals surface area contributed by atoms with E-state index in [1.807, 2.05) is 30.3 Å². The van der Waals surface area contributed by atoms with Crippen molar-refractivity contribution in [2.75, 3.05) is 20.2 Å². The first-order chi connectivity index (χ1) is 13.7. The van der Waals surface area contributed by atoms with Crippen molar-refractivity contribution in [3.63, 3.8) is 0 Å². The number of likely N-dealkylation sites (tertiary alicyclic amines) is 1. The summed E-state index contributed by atoms with van der Waals surface area (Å²) in [5, 5.41) is 1.03. The van der Waals surface area contributed by atoms with Gasteiger partial charge in [-0.2, -0.15) is 0 Å². The highest BCUT2D eigenvalue weighted by Gasteiger charge is 2.31. The van der Waals surface area contributed by atoms with Gasteiger partial charge in [-0.1, -0.05) is 44.2 Å². The summed E-state index contributed by atoms with van der Waals surface area (Å²) in [5.41, 5.74) is 2.91. The van der Waals surface area contributed by atoms with Gasteiger partial charge < -0.3 is 9.47 Å². The van der Waals surface area contributed by atoms with E-state index in [0.29, 0.717) is 6.04 Å². The van der Waals surface area contributed by atoms with Crippen LogP contribution >= 0.6 is 0 Å². The second-order valence-electron chi connectivity index (χ2n) is 7.38. The monoisotopic (exact) mass is 376 g/mol. The second-order valence-corrected chi connectivity index (χ2v) is 7.38. The maximum atomic E-state index is 6.57. The first kappa shape index (κ1) is 18.8. The number of benzene rings is 2. The van der Waals surface area contributed by atoms with Crippen LogP contribution in [0.2, 0.25) is 0 Å². The van der Waals surface area contributed by atoms with Gasteiger partial charge in [-0.05, 0) is 25.1 Å². The Hall–Kier alpha value is -2.59. The smallest absolute Gasteiger partial charge is 0.131 e. The van der Waals surface area contributed by atoms with Crippen LogP contribution in [0.15, 0.2) is 54.6 Å². The molecule has 3 aromatic rings. The van der Waals surface area contributed by atoms with Crippen LogP contribution in [0.25, 0.3) is 22.2 Å². The van der Waals surface area contributed by atoms with E-state index >= 15 is 0 Å². The van der Waals surface area contributed by atoms with Crippen molar-refractivity contribution in [2.24, 2.45) is 0 Å². The van der Waals surface area contributed by atoms with Crippen LogP contribution in [0, 0.1) is 0 Å². The van der Waals surface area contributed by atoms with E-state index in [1.54, 1.807) is 7.11 Å². The van der Waals surface area contributed by atoms with Gasteiger partial charge in [0.15, 0.2) is 0 Å². The third-order valence-corrected chi connectivity index (χ3v) is 5.71. The standard InChI is InChI=1S/C24H28N2O2/c1-4-18-13-20(16-26(18)5-2)28-24-15-22(17-9-7-6-8-10-17)25-23-14-19(27-3)11-12-21(23)24/h6-12,14-15,18,20H,4-5,13,16H2,1-3H3. The molecule has 146 valence electrons. The predicted molar refractivity (Wildman–Crippen MR) is 114 cm³/mol. The van der Waals surface area contributed by atoms with Crippen LogP contribution in [0.1, 0.15) is 26.7 Å². The number of rotatable bonds is 6. The summed E-state index contributed by atoms with van der Waals surface area (Å²) in [4.78, 5) is 7.40. The zero-order valence-electron chi connectivity index (χ0n) is 16.9. The third kappa shape index (κ3) is 3.69. The topological polar surface area (TPSA) is 34.6 Å². The lowest BCUT2D eigenvalue weighted by Gasteiger charge is -2.20. The minimum Gasteiger partial charge on any atom is -0.497 e. The highest BCUT2D eigenvalue weighted by atomic mass is 16.5. The lowest BCUT2D eigenvalue weighted by molar-refractivity contribution is 0.202. The van der Waals surface area contributed by atoms with Gasteiger partial charge in [0.05, 0.1) is 18.3 Å². The van der Waals surface area contributed by atoms with Gasteiger partial charge in [-0.15, -0.1) is 0 Å². The van der Waals surface area contributed by atoms with E-state index in [2.05, 4.69) is 43.0 Å². The van der Waals surface area contributed by atoms with Gasteiger partial charge in [-0.25, -0.2) is 4.98 Å². The summed E-state index contributed by atoms with van der Waals surface area (Å²) in [6.07, 6.45) is 2.45. The summed E-state index contributed by atoms with van der Waals surface area (Å²) >= 11 is 0. The molecule has 2 heterocycles. The average molecular weight is 377 g/mol. The van der Waals surface area contributed by atoms with Crippen LogP contribution in [0.4, 0.5) is 0 Å². The highest BCUT2D eigenvalue weighted by molar-refractivity contribution is 5.89. The van der Waals surface area contributed by atoms with Gasteiger partial charge in [0.1, 0.15) is 17.6 Å². The molecule has 0 aliphatic carbocycles. The molecule has 4 nitrogen and oxygen atoms in total. The number of methoxy groups -OCH3 is 1. The lowest BCUT2D eigenvalue weighted by Crippen LogP contribution is -2.29. The maximum absolute atomic E-state index is 6.57. The van der Waals surface area contributed by atoms with Crippen molar-refractivity contribution < 1.29 is 9.47 Å². The van der Waals surface area contributed by atoms with Gasteiger partial charge in [0.2, 0.25) is 0 Å². The molecule has 4 heteroatoms. The Labute approximate surface area is 167 Å². The number of pyridine rings is 1. The fourth-order valence-corrected chi connectivity index (χ4v) is 4.17. The summed E-state index contributed by atoms with van der Waals surface area (Å²) < 4.78 is 12.0. The van der Waals surface area contributed by atoms with Crippen molar-refractivity contribution in [3.8, 4) is 22.8 Å². The summed E-state index contributed by atoms with van der Waals surface area (Å²) in [7, 11) is 1.68. The molecule has 0 bridgehead atoms. The fraction of sp³-hybridized carbons (Fsp3) is 0.375. The molecular weight excluding hydrogens is 348 g/mol. The largest absolute Gasteiger partial charge is 0.497 e. The van der Waals surface area contributed by atoms with E-state index in [9.17, 15) is 0 Å². The molecule has 0 amide bonds. The van der Waals surface area contributed by atoms with Gasteiger partial charge >= 0.3 is 0 Å². The summed E-state index contributed by atoms with van der Waals surface area (Å²) in [5.74, 6) is 1.71. The third-order valence-electron chi connectivity index (χ3n) is 5.71. The van der Waals surface area contributed by atoms with Gasteiger partial charge in [0.25, 0.3) is 0 Å². The molecule has 1 aliphatic heterocycles. The number of fused-ring (bicyclic) bond motifs is 1. The van der Waals surface area contributed by atoms with Crippen molar-refractivity contribution in [1.29, 1.82) is 0 Å². The molecule has 1 fully saturated rings. The van der Waals surface area contributed by atoms with Crippen molar-refractivity contribution in [3.05, 3.63) is 54.6 Å². The number of hydrogen-bond donors (Lipinski definition) is 0. The molecule has 2 unspecified atom stereocenters. The molecule has 1 saturated heterocycles. The predicted octanol–water partition coefficient (Wildman–Crippen LogP) is 5.16. The first-order valence-electron chi connectivity index (χ1n) is 10.2. The van der Waals surface area contributed by atoms with Crippen LogP contribution in [-0.4, -0.2) is 42.2 Å². The molecule has 28 heavy (non-hydrogen) atoms. The lowest BCUT2D eigenvalue weighted by atomic mass is 10.1. The first-order valence-corrected chi connectivity index (χ1v) is 10.2. The van der Waals surface area contributed by atoms with E-state index in [4.69, 9.17) is 14.5 Å². The molecule has 0 spiro atoms. The Kier molecular flexibility index (Phi) is 5.49. The molecule has 0 saturated carbocycles. The quantitative estimate of drug-likeness (QED) is 0.595. The number of hydrogen-bond acceptors (Lipinski definition) is 4. The van der Waals surface area contributed by atoms with E-state index in [0.717, 1.165) is 59.6 Å². The molecule has 1 aromatic heterocycles. The van der Waals surface area contributed by atoms with Crippen molar-refractivity contribution in [1.82, 2.24) is 9.88 Å². The molecule has 2 atom stereocenters. The Bertz CT molecular complexity index is 930. The zero-order valence-corrected chi connectivity index (χ0v) is 16.9. The normalized spacial score (nSPS) is 19.8. The number of ether oxygens (including phenoxy) is 2. The summed E-state index contributed by atoms with van der Waals surface area (Å²) in [6, 6.07) is 19.0. The Balaban J connectivity index is 1.74. The number of aromatic nitrogens is 1.